The molecule has 0 spiro atoms. The number of nitrogens with zero attached hydrogens (tertiary/aromatic N) is 1. The second-order valence-corrected chi connectivity index (χ2v) is 7.88. The predicted octanol–water partition coefficient (Wildman–Crippen LogP) is 3.43. The summed E-state index contributed by atoms with van der Waals surface area (Å²) in [4.78, 5) is 25.0. The zero-order chi connectivity index (χ0) is 17.4. The van der Waals surface area contributed by atoms with E-state index in [1.807, 2.05) is 20.8 Å². The number of aromatic nitrogens is 1. The molecule has 0 bridgehead atoms. The van der Waals surface area contributed by atoms with Crippen LogP contribution < -0.4 is 5.32 Å². The highest BCUT2D eigenvalue weighted by Gasteiger charge is 2.36. The summed E-state index contributed by atoms with van der Waals surface area (Å²) in [6.07, 6.45) is 2.79. The normalized spacial score (nSPS) is 16.6. The maximum atomic E-state index is 12.8. The van der Waals surface area contributed by atoms with Gasteiger partial charge in [0.05, 0.1) is 6.42 Å². The van der Waals surface area contributed by atoms with E-state index in [0.29, 0.717) is 12.8 Å². The maximum absolute atomic E-state index is 12.8. The van der Waals surface area contributed by atoms with Crippen LogP contribution in [0.2, 0.25) is 0 Å². The summed E-state index contributed by atoms with van der Waals surface area (Å²) in [6, 6.07) is 0.117. The van der Waals surface area contributed by atoms with Crippen LogP contribution in [-0.4, -0.2) is 22.3 Å². The van der Waals surface area contributed by atoms with Crippen molar-refractivity contribution in [1.29, 1.82) is 0 Å². The largest absolute Gasteiger partial charge is 0.354 e. The lowest BCUT2D eigenvalue weighted by molar-refractivity contribution is -0.120. The molecular formula is C19H30N2O2. The Morgan fingerprint density at radius 3 is 2.52 bits per heavy atom. The molecule has 4 nitrogen and oxygen atoms in total. The molecule has 0 fully saturated rings. The van der Waals surface area contributed by atoms with Crippen molar-refractivity contribution in [3.05, 3.63) is 22.5 Å². The molecule has 0 atom stereocenters. The van der Waals surface area contributed by atoms with E-state index in [1.54, 1.807) is 0 Å². The van der Waals surface area contributed by atoms with Crippen LogP contribution in [0, 0.1) is 12.3 Å². The molecule has 4 heteroatoms. The summed E-state index contributed by atoms with van der Waals surface area (Å²) >= 11 is 0. The highest BCUT2D eigenvalue weighted by atomic mass is 16.1. The van der Waals surface area contributed by atoms with Gasteiger partial charge in [-0.1, -0.05) is 20.8 Å². The number of carbonyl (C=O) groups excluding carboxylic acids is 2. The van der Waals surface area contributed by atoms with Crippen LogP contribution in [0.25, 0.3) is 0 Å². The van der Waals surface area contributed by atoms with Gasteiger partial charge in [0.25, 0.3) is 0 Å². The third-order valence-electron chi connectivity index (χ3n) is 4.56. The molecule has 23 heavy (non-hydrogen) atoms. The SMILES string of the molecule is CCCn1c(C)c(CC(=O)NC(C)C)c2c1CC(C)(C)CC2=O. The number of hydrogen-bond donors (Lipinski definition) is 1. The number of ketones is 1. The van der Waals surface area contributed by atoms with Gasteiger partial charge in [-0.05, 0) is 44.6 Å². The second-order valence-electron chi connectivity index (χ2n) is 7.88. The van der Waals surface area contributed by atoms with Crippen molar-refractivity contribution in [2.45, 2.75) is 79.8 Å². The van der Waals surface area contributed by atoms with Crippen LogP contribution in [0.1, 0.15) is 74.8 Å². The van der Waals surface area contributed by atoms with Gasteiger partial charge in [0.1, 0.15) is 0 Å². The quantitative estimate of drug-likeness (QED) is 0.904. The minimum absolute atomic E-state index is 0.00215. The molecule has 1 amide bonds. The molecule has 0 radical (unpaired) electrons. The van der Waals surface area contributed by atoms with Gasteiger partial charge in [-0.2, -0.15) is 0 Å². The Morgan fingerprint density at radius 2 is 1.96 bits per heavy atom. The fourth-order valence-electron chi connectivity index (χ4n) is 3.68. The van der Waals surface area contributed by atoms with Crippen molar-refractivity contribution in [1.82, 2.24) is 9.88 Å². The van der Waals surface area contributed by atoms with Gasteiger partial charge in [-0.3, -0.25) is 9.59 Å². The highest BCUT2D eigenvalue weighted by molar-refractivity contribution is 6.01. The second kappa shape index (κ2) is 6.50. The Labute approximate surface area is 139 Å². The summed E-state index contributed by atoms with van der Waals surface area (Å²) in [6.45, 7) is 13.3. The van der Waals surface area contributed by atoms with Crippen molar-refractivity contribution < 1.29 is 9.59 Å². The summed E-state index contributed by atoms with van der Waals surface area (Å²) < 4.78 is 2.27. The molecule has 0 aromatic carbocycles. The average molecular weight is 318 g/mol. The zero-order valence-corrected chi connectivity index (χ0v) is 15.4. The fourth-order valence-corrected chi connectivity index (χ4v) is 3.68. The van der Waals surface area contributed by atoms with Crippen LogP contribution in [0.3, 0.4) is 0 Å². The molecule has 1 N–H and O–H groups in total. The monoisotopic (exact) mass is 318 g/mol. The maximum Gasteiger partial charge on any atom is 0.224 e. The Hall–Kier alpha value is -1.58. The standard InChI is InChI=1S/C19H30N2O2/c1-7-8-21-13(4)14(9-17(23)20-12(2)3)18-15(21)10-19(5,6)11-16(18)22/h12H,7-11H2,1-6H3,(H,20,23). The van der Waals surface area contributed by atoms with Crippen LogP contribution in [0.5, 0.6) is 0 Å². The van der Waals surface area contributed by atoms with E-state index in [1.165, 1.54) is 0 Å². The zero-order valence-electron chi connectivity index (χ0n) is 15.4. The van der Waals surface area contributed by atoms with Crippen LogP contribution in [-0.2, 0) is 24.2 Å². The minimum Gasteiger partial charge on any atom is -0.354 e. The predicted molar refractivity (Wildman–Crippen MR) is 92.9 cm³/mol. The van der Waals surface area contributed by atoms with Gasteiger partial charge < -0.3 is 9.88 Å². The average Bonchev–Trinajstić information content (AvgIpc) is 2.62. The van der Waals surface area contributed by atoms with Crippen LogP contribution in [0.4, 0.5) is 0 Å². The van der Waals surface area contributed by atoms with Crippen molar-refractivity contribution in [3.8, 4) is 0 Å². The summed E-state index contributed by atoms with van der Waals surface area (Å²) in [5.74, 6) is 0.193. The van der Waals surface area contributed by atoms with Gasteiger partial charge in [-0.15, -0.1) is 0 Å². The van der Waals surface area contributed by atoms with Crippen molar-refractivity contribution >= 4 is 11.7 Å². The Balaban J connectivity index is 2.47. The van der Waals surface area contributed by atoms with Gasteiger partial charge >= 0.3 is 0 Å². The number of nitrogens with one attached hydrogen (secondary N) is 1. The number of rotatable bonds is 5. The lowest BCUT2D eigenvalue weighted by Crippen LogP contribution is -2.32. The molecule has 0 saturated heterocycles. The lowest BCUT2D eigenvalue weighted by Gasteiger charge is -2.30. The molecule has 1 aliphatic rings. The third-order valence-corrected chi connectivity index (χ3v) is 4.56. The topological polar surface area (TPSA) is 51.1 Å². The Bertz CT molecular complexity index is 624. The molecule has 1 aliphatic carbocycles. The molecule has 0 saturated carbocycles. The third kappa shape index (κ3) is 3.67. The van der Waals surface area contributed by atoms with E-state index >= 15 is 0 Å². The minimum atomic E-state index is -0.00261. The molecule has 1 aromatic heterocycles. The van der Waals surface area contributed by atoms with Gasteiger partial charge in [0.15, 0.2) is 5.78 Å². The molecule has 0 unspecified atom stereocenters. The first-order chi connectivity index (χ1) is 10.7. The molecule has 0 aliphatic heterocycles. The molecule has 1 aromatic rings. The first-order valence-corrected chi connectivity index (χ1v) is 8.69. The van der Waals surface area contributed by atoms with E-state index in [0.717, 1.165) is 41.9 Å². The summed E-state index contributed by atoms with van der Waals surface area (Å²) in [5.41, 5.74) is 3.98. The van der Waals surface area contributed by atoms with Gasteiger partial charge in [0.2, 0.25) is 5.91 Å². The van der Waals surface area contributed by atoms with E-state index in [2.05, 4.69) is 30.7 Å². The van der Waals surface area contributed by atoms with E-state index < -0.39 is 0 Å². The first kappa shape index (κ1) is 17.8. The molecule has 128 valence electrons. The molecule has 2 rings (SSSR count). The van der Waals surface area contributed by atoms with Gasteiger partial charge in [0, 0.05) is 36.0 Å². The fraction of sp³-hybridized carbons (Fsp3) is 0.684. The number of carbonyl (C=O) groups is 2. The number of amides is 1. The number of hydrogen-bond acceptors (Lipinski definition) is 2. The Morgan fingerprint density at radius 1 is 1.30 bits per heavy atom. The van der Waals surface area contributed by atoms with Crippen LogP contribution in [0.15, 0.2) is 0 Å². The lowest BCUT2D eigenvalue weighted by atomic mass is 9.75. The number of fused-ring (bicyclic) bond motifs is 1. The van der Waals surface area contributed by atoms with Crippen molar-refractivity contribution in [3.63, 3.8) is 0 Å². The van der Waals surface area contributed by atoms with Crippen molar-refractivity contribution in [2.75, 3.05) is 0 Å². The van der Waals surface area contributed by atoms with Gasteiger partial charge in [-0.25, -0.2) is 0 Å². The molecule has 1 heterocycles. The van der Waals surface area contributed by atoms with Crippen LogP contribution >= 0.6 is 0 Å². The molecular weight excluding hydrogens is 288 g/mol. The first-order valence-electron chi connectivity index (χ1n) is 8.69. The van der Waals surface area contributed by atoms with E-state index in [9.17, 15) is 9.59 Å². The highest BCUT2D eigenvalue weighted by Crippen LogP contribution is 2.38. The summed E-state index contributed by atoms with van der Waals surface area (Å²) in [5, 5.41) is 2.94. The Kier molecular flexibility index (Phi) is 5.02. The smallest absolute Gasteiger partial charge is 0.224 e. The summed E-state index contributed by atoms with van der Waals surface area (Å²) in [7, 11) is 0. The van der Waals surface area contributed by atoms with E-state index in [4.69, 9.17) is 0 Å². The van der Waals surface area contributed by atoms with E-state index in [-0.39, 0.29) is 23.1 Å². The van der Waals surface area contributed by atoms with Crippen molar-refractivity contribution in [2.24, 2.45) is 5.41 Å². The number of Topliss-reactive ketones (excluding diaryl/α,β-unsaturated/α-hetero) is 1.